The van der Waals surface area contributed by atoms with Crippen molar-refractivity contribution in [1.82, 2.24) is 5.32 Å². The van der Waals surface area contributed by atoms with Gasteiger partial charge in [0, 0.05) is 38.1 Å². The van der Waals surface area contributed by atoms with E-state index in [1.165, 1.54) is 0 Å². The summed E-state index contributed by atoms with van der Waals surface area (Å²) in [6.45, 7) is 6.13. The van der Waals surface area contributed by atoms with Crippen molar-refractivity contribution in [2.24, 2.45) is 5.92 Å². The first-order chi connectivity index (χ1) is 9.85. The highest BCUT2D eigenvalue weighted by atomic mass is 16.3. The molecule has 1 aromatic rings. The molecular weight excluding hydrogens is 266 g/mol. The molecule has 118 valence electrons. The number of aryl methyl sites for hydroxylation is 1. The molecule has 2 amide bonds. The van der Waals surface area contributed by atoms with Gasteiger partial charge in [0.15, 0.2) is 0 Å². The van der Waals surface area contributed by atoms with Crippen molar-refractivity contribution in [1.29, 1.82) is 0 Å². The fourth-order valence-electron chi connectivity index (χ4n) is 2.28. The third kappa shape index (κ3) is 5.27. The van der Waals surface area contributed by atoms with Crippen molar-refractivity contribution < 1.29 is 9.90 Å². The molecule has 1 unspecified atom stereocenters. The molecule has 0 aromatic heterocycles. The molecule has 1 rings (SSSR count). The zero-order chi connectivity index (χ0) is 16.0. The molecular formula is C16H27N3O2. The first kappa shape index (κ1) is 17.3. The van der Waals surface area contributed by atoms with Gasteiger partial charge in [-0.2, -0.15) is 0 Å². The van der Waals surface area contributed by atoms with Crippen molar-refractivity contribution in [2.75, 3.05) is 30.9 Å². The minimum Gasteiger partial charge on any atom is -0.396 e. The Labute approximate surface area is 127 Å². The van der Waals surface area contributed by atoms with Crippen LogP contribution < -0.4 is 15.5 Å². The van der Waals surface area contributed by atoms with Crippen LogP contribution in [0.25, 0.3) is 0 Å². The number of carbonyl (C=O) groups excluding carboxylic acids is 1. The number of anilines is 2. The third-order valence-electron chi connectivity index (χ3n) is 3.50. The number of hydrogen-bond acceptors (Lipinski definition) is 3. The Hall–Kier alpha value is -1.75. The van der Waals surface area contributed by atoms with E-state index < -0.39 is 0 Å². The van der Waals surface area contributed by atoms with Crippen LogP contribution in [0.15, 0.2) is 18.2 Å². The molecule has 0 aliphatic heterocycles. The van der Waals surface area contributed by atoms with Gasteiger partial charge in [-0.3, -0.25) is 0 Å². The first-order valence-electron chi connectivity index (χ1n) is 7.31. The monoisotopic (exact) mass is 293 g/mol. The lowest BCUT2D eigenvalue weighted by molar-refractivity contribution is 0.227. The Balaban J connectivity index is 2.68. The van der Waals surface area contributed by atoms with Crippen LogP contribution in [0.3, 0.4) is 0 Å². The Bertz CT molecular complexity index is 473. The second-order valence-corrected chi connectivity index (χ2v) is 5.86. The summed E-state index contributed by atoms with van der Waals surface area (Å²) >= 11 is 0. The molecule has 0 aliphatic rings. The molecule has 0 spiro atoms. The highest BCUT2D eigenvalue weighted by Crippen LogP contribution is 2.21. The van der Waals surface area contributed by atoms with Gasteiger partial charge in [-0.15, -0.1) is 0 Å². The maximum Gasteiger partial charge on any atom is 0.319 e. The predicted octanol–water partition coefficient (Wildman–Crippen LogP) is 2.59. The first-order valence-corrected chi connectivity index (χ1v) is 7.31. The van der Waals surface area contributed by atoms with E-state index in [-0.39, 0.29) is 24.6 Å². The number of carbonyl (C=O) groups is 1. The lowest BCUT2D eigenvalue weighted by Gasteiger charge is -2.22. The molecule has 0 radical (unpaired) electrons. The summed E-state index contributed by atoms with van der Waals surface area (Å²) in [5.74, 6) is 0.278. The smallest absolute Gasteiger partial charge is 0.319 e. The number of nitrogens with one attached hydrogen (secondary N) is 2. The van der Waals surface area contributed by atoms with Gasteiger partial charge in [0.25, 0.3) is 0 Å². The normalized spacial score (nSPS) is 12.1. The molecule has 5 heteroatoms. The molecule has 0 bridgehead atoms. The van der Waals surface area contributed by atoms with Crippen molar-refractivity contribution in [3.63, 3.8) is 0 Å². The Morgan fingerprint density at radius 1 is 1.33 bits per heavy atom. The number of aliphatic hydroxyl groups excluding tert-OH is 1. The number of amides is 2. The van der Waals surface area contributed by atoms with E-state index in [0.29, 0.717) is 6.42 Å². The molecule has 3 N–H and O–H groups in total. The molecule has 0 saturated heterocycles. The summed E-state index contributed by atoms with van der Waals surface area (Å²) in [7, 11) is 3.98. The Morgan fingerprint density at radius 2 is 2.00 bits per heavy atom. The average Bonchev–Trinajstić information content (AvgIpc) is 2.37. The lowest BCUT2D eigenvalue weighted by Crippen LogP contribution is -2.41. The quantitative estimate of drug-likeness (QED) is 0.755. The standard InChI is InChI=1S/C16H27N3O2/c1-11(2)14(8-9-20)18-16(21)17-13-6-7-15(19(4)5)12(3)10-13/h6-7,10-11,14,20H,8-9H2,1-5H3,(H2,17,18,21). The number of benzene rings is 1. The maximum atomic E-state index is 12.0. The number of rotatable bonds is 6. The summed E-state index contributed by atoms with van der Waals surface area (Å²) in [5.41, 5.74) is 3.00. The Kier molecular flexibility index (Phi) is 6.49. The van der Waals surface area contributed by atoms with E-state index >= 15 is 0 Å². The SMILES string of the molecule is Cc1cc(NC(=O)NC(CCO)C(C)C)ccc1N(C)C. The minimum atomic E-state index is -0.237. The molecule has 21 heavy (non-hydrogen) atoms. The third-order valence-corrected chi connectivity index (χ3v) is 3.50. The molecule has 0 fully saturated rings. The summed E-state index contributed by atoms with van der Waals surface area (Å²) in [4.78, 5) is 14.1. The average molecular weight is 293 g/mol. The fraction of sp³-hybridized carbons (Fsp3) is 0.562. The van der Waals surface area contributed by atoms with Crippen LogP contribution in [0, 0.1) is 12.8 Å². The molecule has 5 nitrogen and oxygen atoms in total. The van der Waals surface area contributed by atoms with E-state index in [0.717, 1.165) is 16.9 Å². The lowest BCUT2D eigenvalue weighted by atomic mass is 10.0. The van der Waals surface area contributed by atoms with Crippen LogP contribution in [0.4, 0.5) is 16.2 Å². The number of aliphatic hydroxyl groups is 1. The van der Waals surface area contributed by atoms with Crippen LogP contribution in [0.2, 0.25) is 0 Å². The van der Waals surface area contributed by atoms with Crippen LogP contribution in [-0.4, -0.2) is 37.9 Å². The summed E-state index contributed by atoms with van der Waals surface area (Å²) < 4.78 is 0. The van der Waals surface area contributed by atoms with Crippen molar-refractivity contribution >= 4 is 17.4 Å². The topological polar surface area (TPSA) is 64.6 Å². The van der Waals surface area contributed by atoms with E-state index in [1.807, 2.05) is 58.0 Å². The molecule has 0 aliphatic carbocycles. The van der Waals surface area contributed by atoms with Crippen LogP contribution >= 0.6 is 0 Å². The van der Waals surface area contributed by atoms with E-state index in [9.17, 15) is 4.79 Å². The summed E-state index contributed by atoms with van der Waals surface area (Å²) in [6.07, 6.45) is 0.559. The summed E-state index contributed by atoms with van der Waals surface area (Å²) in [6, 6.07) is 5.55. The van der Waals surface area contributed by atoms with Crippen LogP contribution in [-0.2, 0) is 0 Å². The maximum absolute atomic E-state index is 12.0. The van der Waals surface area contributed by atoms with Gasteiger partial charge in [0.2, 0.25) is 0 Å². The Morgan fingerprint density at radius 3 is 2.48 bits per heavy atom. The van der Waals surface area contributed by atoms with Gasteiger partial charge >= 0.3 is 6.03 Å². The van der Waals surface area contributed by atoms with Gasteiger partial charge in [0.05, 0.1) is 0 Å². The van der Waals surface area contributed by atoms with Crippen molar-refractivity contribution in [3.05, 3.63) is 23.8 Å². The highest BCUT2D eigenvalue weighted by Gasteiger charge is 2.15. The summed E-state index contributed by atoms with van der Waals surface area (Å²) in [5, 5.41) is 14.8. The molecule has 1 atom stereocenters. The van der Waals surface area contributed by atoms with Crippen LogP contribution in [0.5, 0.6) is 0 Å². The second kappa shape index (κ2) is 7.88. The van der Waals surface area contributed by atoms with Gasteiger partial charge in [-0.25, -0.2) is 4.79 Å². The predicted molar refractivity (Wildman–Crippen MR) is 88.0 cm³/mol. The van der Waals surface area contributed by atoms with Crippen molar-refractivity contribution in [3.8, 4) is 0 Å². The number of urea groups is 1. The van der Waals surface area contributed by atoms with Gasteiger partial charge in [-0.05, 0) is 43.0 Å². The zero-order valence-corrected chi connectivity index (χ0v) is 13.6. The minimum absolute atomic E-state index is 0.0304. The van der Waals surface area contributed by atoms with Crippen molar-refractivity contribution in [2.45, 2.75) is 33.2 Å². The van der Waals surface area contributed by atoms with Gasteiger partial charge in [-0.1, -0.05) is 13.8 Å². The van der Waals surface area contributed by atoms with Gasteiger partial charge < -0.3 is 20.6 Å². The zero-order valence-electron chi connectivity index (χ0n) is 13.6. The highest BCUT2D eigenvalue weighted by molar-refractivity contribution is 5.89. The van der Waals surface area contributed by atoms with Crippen LogP contribution in [0.1, 0.15) is 25.8 Å². The second-order valence-electron chi connectivity index (χ2n) is 5.86. The van der Waals surface area contributed by atoms with E-state index in [2.05, 4.69) is 10.6 Å². The fourth-order valence-corrected chi connectivity index (χ4v) is 2.28. The molecule has 0 heterocycles. The largest absolute Gasteiger partial charge is 0.396 e. The molecule has 1 aromatic carbocycles. The number of hydrogen-bond donors (Lipinski definition) is 3. The molecule has 0 saturated carbocycles. The van der Waals surface area contributed by atoms with Gasteiger partial charge in [0.1, 0.15) is 0 Å². The number of nitrogens with zero attached hydrogens (tertiary/aromatic N) is 1. The van der Waals surface area contributed by atoms with E-state index in [1.54, 1.807) is 0 Å². The van der Waals surface area contributed by atoms with E-state index in [4.69, 9.17) is 5.11 Å².